The first-order valence-corrected chi connectivity index (χ1v) is 10.8. The van der Waals surface area contributed by atoms with Crippen LogP contribution in [0.1, 0.15) is 17.4 Å². The minimum atomic E-state index is -0.574. The third kappa shape index (κ3) is 3.12. The van der Waals surface area contributed by atoms with E-state index in [-0.39, 0.29) is 11.3 Å². The molecule has 0 bridgehead atoms. The van der Waals surface area contributed by atoms with E-state index in [0.717, 1.165) is 21.4 Å². The Balaban J connectivity index is 1.88. The monoisotopic (exact) mass is 463 g/mol. The van der Waals surface area contributed by atoms with Gasteiger partial charge in [-0.2, -0.15) is 0 Å². The molecule has 4 aromatic rings. The summed E-state index contributed by atoms with van der Waals surface area (Å²) in [6.45, 7) is 0.910. The molecule has 1 aliphatic rings. The predicted octanol–water partition coefficient (Wildman–Crippen LogP) is 2.55. The summed E-state index contributed by atoms with van der Waals surface area (Å²) in [6, 6.07) is 12.5. The molecule has 0 radical (unpaired) electrons. The molecule has 0 saturated carbocycles. The van der Waals surface area contributed by atoms with Gasteiger partial charge in [0, 0.05) is 20.6 Å². The zero-order valence-electron chi connectivity index (χ0n) is 19.4. The number of aromatic hydroxyl groups is 1. The Labute approximate surface area is 195 Å². The van der Waals surface area contributed by atoms with Gasteiger partial charge in [-0.05, 0) is 47.5 Å². The summed E-state index contributed by atoms with van der Waals surface area (Å²) in [5, 5.41) is 10.5. The summed E-state index contributed by atoms with van der Waals surface area (Å²) in [5.41, 5.74) is 2.74. The average molecular weight is 463 g/mol. The fourth-order valence-electron chi connectivity index (χ4n) is 4.74. The summed E-state index contributed by atoms with van der Waals surface area (Å²) < 4.78 is 21.5. The molecule has 176 valence electrons. The smallest absolute Gasteiger partial charge is 0.331 e. The highest BCUT2D eigenvalue weighted by molar-refractivity contribution is 5.96. The first-order valence-electron chi connectivity index (χ1n) is 10.8. The van der Waals surface area contributed by atoms with Crippen molar-refractivity contribution in [1.82, 2.24) is 13.7 Å². The van der Waals surface area contributed by atoms with Crippen molar-refractivity contribution in [3.05, 3.63) is 74.6 Å². The zero-order valence-corrected chi connectivity index (χ0v) is 19.4. The van der Waals surface area contributed by atoms with Gasteiger partial charge in [-0.1, -0.05) is 6.07 Å². The van der Waals surface area contributed by atoms with Gasteiger partial charge in [0.1, 0.15) is 11.9 Å². The van der Waals surface area contributed by atoms with Crippen LogP contribution in [0.15, 0.2) is 52.1 Å². The summed E-state index contributed by atoms with van der Waals surface area (Å²) in [5.74, 6) is 1.04. The molecule has 34 heavy (non-hydrogen) atoms. The van der Waals surface area contributed by atoms with Gasteiger partial charge in [-0.25, -0.2) is 4.79 Å². The largest absolute Gasteiger partial charge is 0.504 e. The minimum absolute atomic E-state index is 0.0162. The molecule has 0 saturated heterocycles. The molecule has 9 nitrogen and oxygen atoms in total. The van der Waals surface area contributed by atoms with E-state index in [9.17, 15) is 14.7 Å². The fraction of sp³-hybridized carbons (Fsp3) is 0.280. The number of ether oxygens (including phenoxy) is 3. The average Bonchev–Trinajstić information content (AvgIpc) is 3.22. The molecule has 0 fully saturated rings. The van der Waals surface area contributed by atoms with Crippen molar-refractivity contribution in [3.8, 4) is 28.5 Å². The van der Waals surface area contributed by atoms with Crippen molar-refractivity contribution < 1.29 is 19.3 Å². The van der Waals surface area contributed by atoms with Crippen LogP contribution in [-0.2, 0) is 25.4 Å². The molecule has 5 rings (SSSR count). The van der Waals surface area contributed by atoms with E-state index in [1.807, 2.05) is 24.3 Å². The molecule has 0 amide bonds. The Bertz CT molecular complexity index is 1530. The Hall–Kier alpha value is -3.98. The van der Waals surface area contributed by atoms with Gasteiger partial charge in [0.25, 0.3) is 5.56 Å². The first kappa shape index (κ1) is 21.8. The predicted molar refractivity (Wildman–Crippen MR) is 127 cm³/mol. The lowest BCUT2D eigenvalue weighted by Gasteiger charge is -2.28. The zero-order chi connectivity index (χ0) is 24.1. The second-order valence-corrected chi connectivity index (χ2v) is 8.23. The van der Waals surface area contributed by atoms with Crippen LogP contribution in [0, 0.1) is 0 Å². The number of aryl methyl sites for hydroxylation is 1. The van der Waals surface area contributed by atoms with Crippen molar-refractivity contribution >= 4 is 10.9 Å². The molecular weight excluding hydrogens is 438 g/mol. The summed E-state index contributed by atoms with van der Waals surface area (Å²) in [6.07, 6.45) is -0.574. The van der Waals surface area contributed by atoms with Crippen molar-refractivity contribution in [1.29, 1.82) is 0 Å². The SMILES string of the molecule is COc1ccc(-c2c3c(=O)n(C)c(=O)n(C)c3c3n2CCO[C@H]3c2ccc(O)c(OC)c2)cc1. The lowest BCUT2D eigenvalue weighted by molar-refractivity contribution is 0.0477. The second-order valence-electron chi connectivity index (χ2n) is 8.23. The van der Waals surface area contributed by atoms with Crippen LogP contribution in [0.4, 0.5) is 0 Å². The molecule has 1 N–H and O–H groups in total. The van der Waals surface area contributed by atoms with Crippen LogP contribution in [0.25, 0.3) is 22.2 Å². The lowest BCUT2D eigenvalue weighted by Crippen LogP contribution is -2.37. The number of nitrogens with zero attached hydrogens (tertiary/aromatic N) is 3. The molecule has 9 heteroatoms. The van der Waals surface area contributed by atoms with E-state index >= 15 is 0 Å². The number of hydrogen-bond acceptors (Lipinski definition) is 6. The van der Waals surface area contributed by atoms with E-state index in [4.69, 9.17) is 14.2 Å². The molecule has 3 heterocycles. The van der Waals surface area contributed by atoms with E-state index in [2.05, 4.69) is 4.57 Å². The molecule has 0 aliphatic carbocycles. The highest BCUT2D eigenvalue weighted by Crippen LogP contribution is 2.42. The Kier molecular flexibility index (Phi) is 5.21. The molecule has 0 spiro atoms. The normalized spacial score (nSPS) is 15.4. The number of hydrogen-bond donors (Lipinski definition) is 1. The summed E-state index contributed by atoms with van der Waals surface area (Å²) in [7, 11) is 6.22. The van der Waals surface area contributed by atoms with Gasteiger partial charge < -0.3 is 23.9 Å². The van der Waals surface area contributed by atoms with Crippen molar-refractivity contribution in [3.63, 3.8) is 0 Å². The maximum Gasteiger partial charge on any atom is 0.331 e. The molecule has 2 aromatic carbocycles. The Morgan fingerprint density at radius 2 is 1.74 bits per heavy atom. The van der Waals surface area contributed by atoms with Crippen LogP contribution >= 0.6 is 0 Å². The Morgan fingerprint density at radius 3 is 2.41 bits per heavy atom. The third-order valence-electron chi connectivity index (χ3n) is 6.42. The van der Waals surface area contributed by atoms with Crippen LogP contribution in [-0.4, -0.2) is 39.6 Å². The first-order chi connectivity index (χ1) is 16.4. The number of aromatic nitrogens is 3. The second kappa shape index (κ2) is 8.11. The van der Waals surface area contributed by atoms with Gasteiger partial charge in [0.2, 0.25) is 0 Å². The van der Waals surface area contributed by atoms with Gasteiger partial charge in [-0.15, -0.1) is 0 Å². The van der Waals surface area contributed by atoms with Crippen molar-refractivity contribution in [2.45, 2.75) is 12.6 Å². The maximum absolute atomic E-state index is 13.4. The lowest BCUT2D eigenvalue weighted by atomic mass is 10.0. The number of rotatable bonds is 4. The highest BCUT2D eigenvalue weighted by atomic mass is 16.5. The number of phenolic OH excluding ortho intramolecular Hbond substituents is 1. The van der Waals surface area contributed by atoms with Gasteiger partial charge >= 0.3 is 5.69 Å². The van der Waals surface area contributed by atoms with Crippen LogP contribution in [0.5, 0.6) is 17.2 Å². The van der Waals surface area contributed by atoms with Gasteiger partial charge in [0.15, 0.2) is 11.5 Å². The van der Waals surface area contributed by atoms with Crippen molar-refractivity contribution in [2.75, 3.05) is 20.8 Å². The quantitative estimate of drug-likeness (QED) is 0.500. The number of benzene rings is 2. The fourth-order valence-corrected chi connectivity index (χ4v) is 4.74. The maximum atomic E-state index is 13.4. The number of phenols is 1. The number of fused-ring (bicyclic) bond motifs is 3. The van der Waals surface area contributed by atoms with Crippen LogP contribution < -0.4 is 20.7 Å². The summed E-state index contributed by atoms with van der Waals surface area (Å²) in [4.78, 5) is 26.4. The van der Waals surface area contributed by atoms with E-state index in [1.165, 1.54) is 18.7 Å². The van der Waals surface area contributed by atoms with E-state index < -0.39 is 11.8 Å². The van der Waals surface area contributed by atoms with Crippen LogP contribution in [0.2, 0.25) is 0 Å². The molecule has 1 atom stereocenters. The van der Waals surface area contributed by atoms with E-state index in [1.54, 1.807) is 32.4 Å². The van der Waals surface area contributed by atoms with Crippen molar-refractivity contribution in [2.24, 2.45) is 14.1 Å². The third-order valence-corrected chi connectivity index (χ3v) is 6.42. The molecule has 2 aromatic heterocycles. The topological polar surface area (TPSA) is 96.9 Å². The summed E-state index contributed by atoms with van der Waals surface area (Å²) >= 11 is 0. The minimum Gasteiger partial charge on any atom is -0.504 e. The van der Waals surface area contributed by atoms with E-state index in [0.29, 0.717) is 41.2 Å². The Morgan fingerprint density at radius 1 is 1.00 bits per heavy atom. The molecule has 0 unspecified atom stereocenters. The van der Waals surface area contributed by atoms with Crippen LogP contribution in [0.3, 0.4) is 0 Å². The standard InChI is InChI=1S/C25H25N3O6/c1-26-21-19(24(30)27(2)25(26)31)20(14-5-8-16(32-3)9-6-14)28-11-12-34-23(22(21)28)15-7-10-17(29)18(13-15)33-4/h5-10,13,23,29H,11-12H2,1-4H3/t23-/m0/s1. The molecule has 1 aliphatic heterocycles. The van der Waals surface area contributed by atoms with Gasteiger partial charge in [-0.3, -0.25) is 13.9 Å². The number of methoxy groups -OCH3 is 2. The molecular formula is C25H25N3O6. The highest BCUT2D eigenvalue weighted by Gasteiger charge is 2.33. The van der Waals surface area contributed by atoms with Gasteiger partial charge in [0.05, 0.1) is 43.1 Å².